The molecule has 0 spiro atoms. The number of nitrogens with zero attached hydrogens (tertiary/aromatic N) is 1. The van der Waals surface area contributed by atoms with Crippen LogP contribution in [0.4, 0.5) is 0 Å². The van der Waals surface area contributed by atoms with Crippen LogP contribution in [-0.2, 0) is 6.42 Å². The molecule has 0 saturated carbocycles. The van der Waals surface area contributed by atoms with E-state index < -0.39 is 5.54 Å². The lowest BCUT2D eigenvalue weighted by Crippen LogP contribution is -2.58. The summed E-state index contributed by atoms with van der Waals surface area (Å²) in [5, 5.41) is 20.0. The predicted molar refractivity (Wildman–Crippen MR) is 90.2 cm³/mol. The Hall–Kier alpha value is -2.17. The molecule has 0 saturated heterocycles. The molecule has 0 aliphatic carbocycles. The van der Waals surface area contributed by atoms with E-state index in [1.807, 2.05) is 43.3 Å². The van der Waals surface area contributed by atoms with Crippen molar-refractivity contribution in [2.45, 2.75) is 18.9 Å². The number of likely N-dealkylation sites (N-methyl/N-ethyl adjacent to an activating group) is 1. The summed E-state index contributed by atoms with van der Waals surface area (Å²) < 4.78 is 0. The normalized spacial score (nSPS) is 11.3. The maximum atomic E-state index is 12.8. The Morgan fingerprint density at radius 3 is 1.96 bits per heavy atom. The van der Waals surface area contributed by atoms with Crippen LogP contribution in [0, 0.1) is 0 Å². The van der Waals surface area contributed by atoms with Gasteiger partial charge in [-0.1, -0.05) is 48.5 Å². The van der Waals surface area contributed by atoms with E-state index in [1.54, 1.807) is 29.2 Å². The number of carbonyl (C=O) groups is 1. The summed E-state index contributed by atoms with van der Waals surface area (Å²) in [7, 11) is 0. The first kappa shape index (κ1) is 17.2. The summed E-state index contributed by atoms with van der Waals surface area (Å²) >= 11 is 0. The van der Waals surface area contributed by atoms with E-state index in [9.17, 15) is 15.0 Å². The van der Waals surface area contributed by atoms with Crippen molar-refractivity contribution in [1.29, 1.82) is 0 Å². The van der Waals surface area contributed by atoms with Gasteiger partial charge in [0.2, 0.25) is 0 Å². The third kappa shape index (κ3) is 3.78. The number of aliphatic hydroxyl groups excluding tert-OH is 2. The molecular formula is C19H23NO3. The molecule has 4 nitrogen and oxygen atoms in total. The first-order valence-electron chi connectivity index (χ1n) is 7.79. The molecule has 0 aliphatic heterocycles. The highest BCUT2D eigenvalue weighted by molar-refractivity contribution is 5.94. The van der Waals surface area contributed by atoms with Crippen molar-refractivity contribution in [2.24, 2.45) is 0 Å². The molecule has 0 aliphatic rings. The number of aliphatic hydroxyl groups is 2. The van der Waals surface area contributed by atoms with E-state index in [2.05, 4.69) is 0 Å². The van der Waals surface area contributed by atoms with Crippen LogP contribution < -0.4 is 0 Å². The quantitative estimate of drug-likeness (QED) is 0.823. The predicted octanol–water partition coefficient (Wildman–Crippen LogP) is 2.11. The molecule has 0 bridgehead atoms. The number of amides is 1. The fraction of sp³-hybridized carbons (Fsp3) is 0.316. The summed E-state index contributed by atoms with van der Waals surface area (Å²) in [4.78, 5) is 14.4. The van der Waals surface area contributed by atoms with E-state index >= 15 is 0 Å². The maximum absolute atomic E-state index is 12.8. The molecule has 2 aromatic carbocycles. The van der Waals surface area contributed by atoms with Gasteiger partial charge in [-0.05, 0) is 24.6 Å². The second-order valence-corrected chi connectivity index (χ2v) is 5.62. The van der Waals surface area contributed by atoms with Gasteiger partial charge in [-0.25, -0.2) is 0 Å². The molecule has 0 fully saturated rings. The first-order chi connectivity index (χ1) is 11.2. The second-order valence-electron chi connectivity index (χ2n) is 5.62. The van der Waals surface area contributed by atoms with Crippen molar-refractivity contribution >= 4 is 5.91 Å². The zero-order valence-corrected chi connectivity index (χ0v) is 13.4. The highest BCUT2D eigenvalue weighted by Crippen LogP contribution is 2.23. The zero-order valence-electron chi connectivity index (χ0n) is 13.4. The van der Waals surface area contributed by atoms with Crippen LogP contribution in [0.15, 0.2) is 60.7 Å². The van der Waals surface area contributed by atoms with Gasteiger partial charge in [0.15, 0.2) is 0 Å². The molecule has 0 atom stereocenters. The Morgan fingerprint density at radius 2 is 1.48 bits per heavy atom. The zero-order chi connectivity index (χ0) is 16.7. The maximum Gasteiger partial charge on any atom is 0.254 e. The van der Waals surface area contributed by atoms with Crippen LogP contribution in [0.3, 0.4) is 0 Å². The number of carbonyl (C=O) groups excluding carboxylic acids is 1. The van der Waals surface area contributed by atoms with Gasteiger partial charge in [0, 0.05) is 18.5 Å². The Morgan fingerprint density at radius 1 is 0.957 bits per heavy atom. The summed E-state index contributed by atoms with van der Waals surface area (Å²) in [6.07, 6.45) is 0.396. The van der Waals surface area contributed by atoms with E-state index in [1.165, 1.54) is 0 Å². The topological polar surface area (TPSA) is 60.8 Å². The third-order valence-corrected chi connectivity index (χ3v) is 4.12. The van der Waals surface area contributed by atoms with Crippen LogP contribution in [0.25, 0.3) is 0 Å². The number of rotatable bonds is 7. The largest absolute Gasteiger partial charge is 0.394 e. The summed E-state index contributed by atoms with van der Waals surface area (Å²) in [6.45, 7) is 1.66. The minimum Gasteiger partial charge on any atom is -0.394 e. The van der Waals surface area contributed by atoms with Crippen molar-refractivity contribution < 1.29 is 15.0 Å². The van der Waals surface area contributed by atoms with Crippen LogP contribution in [0.1, 0.15) is 22.8 Å². The first-order valence-corrected chi connectivity index (χ1v) is 7.79. The van der Waals surface area contributed by atoms with Crippen molar-refractivity contribution in [3.8, 4) is 0 Å². The molecule has 0 radical (unpaired) electrons. The van der Waals surface area contributed by atoms with E-state index in [-0.39, 0.29) is 19.1 Å². The van der Waals surface area contributed by atoms with Gasteiger partial charge < -0.3 is 15.1 Å². The fourth-order valence-corrected chi connectivity index (χ4v) is 2.83. The Balaban J connectivity index is 2.34. The van der Waals surface area contributed by atoms with Gasteiger partial charge in [0.05, 0.1) is 18.8 Å². The molecular weight excluding hydrogens is 290 g/mol. The Labute approximate surface area is 137 Å². The van der Waals surface area contributed by atoms with Crippen LogP contribution in [0.5, 0.6) is 0 Å². The second kappa shape index (κ2) is 7.90. The average molecular weight is 313 g/mol. The van der Waals surface area contributed by atoms with E-state index in [4.69, 9.17) is 0 Å². The van der Waals surface area contributed by atoms with Crippen molar-refractivity contribution in [3.05, 3.63) is 71.8 Å². The average Bonchev–Trinajstić information content (AvgIpc) is 2.62. The third-order valence-electron chi connectivity index (χ3n) is 4.12. The van der Waals surface area contributed by atoms with Gasteiger partial charge in [0.25, 0.3) is 5.91 Å². The smallest absolute Gasteiger partial charge is 0.254 e. The number of benzene rings is 2. The van der Waals surface area contributed by atoms with Gasteiger partial charge in [0.1, 0.15) is 0 Å². The lowest BCUT2D eigenvalue weighted by Gasteiger charge is -2.41. The summed E-state index contributed by atoms with van der Waals surface area (Å²) in [5.41, 5.74) is 0.492. The molecule has 0 aromatic heterocycles. The molecule has 2 aromatic rings. The molecule has 122 valence electrons. The van der Waals surface area contributed by atoms with Gasteiger partial charge in [-0.3, -0.25) is 4.79 Å². The van der Waals surface area contributed by atoms with Crippen LogP contribution >= 0.6 is 0 Å². The lowest BCUT2D eigenvalue weighted by atomic mass is 9.89. The van der Waals surface area contributed by atoms with Crippen LogP contribution in [-0.4, -0.2) is 46.3 Å². The summed E-state index contributed by atoms with van der Waals surface area (Å²) in [5.74, 6) is -0.188. The number of hydrogen-bond acceptors (Lipinski definition) is 3. The highest BCUT2D eigenvalue weighted by Gasteiger charge is 2.38. The minimum atomic E-state index is -1.02. The minimum absolute atomic E-state index is 0.188. The molecule has 1 amide bonds. The Bertz CT molecular complexity index is 609. The van der Waals surface area contributed by atoms with Gasteiger partial charge >= 0.3 is 0 Å². The van der Waals surface area contributed by atoms with E-state index in [0.717, 1.165) is 5.56 Å². The lowest BCUT2D eigenvalue weighted by molar-refractivity contribution is -0.00379. The van der Waals surface area contributed by atoms with Crippen molar-refractivity contribution in [1.82, 2.24) is 4.90 Å². The van der Waals surface area contributed by atoms with Crippen molar-refractivity contribution in [2.75, 3.05) is 19.8 Å². The van der Waals surface area contributed by atoms with Gasteiger partial charge in [-0.15, -0.1) is 0 Å². The molecule has 23 heavy (non-hydrogen) atoms. The fourth-order valence-electron chi connectivity index (χ4n) is 2.83. The monoisotopic (exact) mass is 313 g/mol. The van der Waals surface area contributed by atoms with Gasteiger partial charge in [-0.2, -0.15) is 0 Å². The molecule has 0 heterocycles. The standard InChI is InChI=1S/C19H23NO3/c1-2-20(18(23)17-11-7-4-8-12-17)19(14-21,15-22)13-16-9-5-3-6-10-16/h3-12,21-22H,2,13-15H2,1H3. The summed E-state index contributed by atoms with van der Waals surface area (Å²) in [6, 6.07) is 18.5. The van der Waals surface area contributed by atoms with Crippen LogP contribution in [0.2, 0.25) is 0 Å². The Kier molecular flexibility index (Phi) is 5.90. The molecule has 2 N–H and O–H groups in total. The SMILES string of the molecule is CCN(C(=O)c1ccccc1)C(CO)(CO)Cc1ccccc1. The van der Waals surface area contributed by atoms with Crippen molar-refractivity contribution in [3.63, 3.8) is 0 Å². The van der Waals surface area contributed by atoms with E-state index in [0.29, 0.717) is 18.5 Å². The highest BCUT2D eigenvalue weighted by atomic mass is 16.3. The number of hydrogen-bond donors (Lipinski definition) is 2. The molecule has 2 rings (SSSR count). The molecule has 0 unspecified atom stereocenters. The molecule has 4 heteroatoms.